The van der Waals surface area contributed by atoms with Crippen molar-refractivity contribution < 1.29 is 17.8 Å². The standard InChI is InChI=1S/C17H18ClNO4S/c1-2-3-4-12-5-7-13(8-6-12)17(20)19-16-11-14(24(21,22)23)9-10-15(16)18/h5-11H,2-4H2,1H3,(H,19,20)(H,21,22,23). The Morgan fingerprint density at radius 2 is 1.83 bits per heavy atom. The van der Waals surface area contributed by atoms with E-state index >= 15 is 0 Å². The minimum atomic E-state index is -4.37. The van der Waals surface area contributed by atoms with Crippen molar-refractivity contribution in [2.45, 2.75) is 31.1 Å². The number of carbonyl (C=O) groups excluding carboxylic acids is 1. The monoisotopic (exact) mass is 367 g/mol. The van der Waals surface area contributed by atoms with Crippen LogP contribution < -0.4 is 5.32 Å². The zero-order valence-corrected chi connectivity index (χ0v) is 14.7. The van der Waals surface area contributed by atoms with Crippen LogP contribution >= 0.6 is 11.6 Å². The van der Waals surface area contributed by atoms with Crippen LogP contribution in [-0.4, -0.2) is 18.9 Å². The van der Waals surface area contributed by atoms with Gasteiger partial charge in [0.15, 0.2) is 0 Å². The smallest absolute Gasteiger partial charge is 0.294 e. The number of hydrogen-bond donors (Lipinski definition) is 2. The topological polar surface area (TPSA) is 83.5 Å². The summed E-state index contributed by atoms with van der Waals surface area (Å²) in [7, 11) is -4.37. The number of aryl methyl sites for hydroxylation is 1. The maximum atomic E-state index is 12.3. The second-order valence-corrected chi connectivity index (χ2v) is 7.20. The van der Waals surface area contributed by atoms with E-state index in [9.17, 15) is 13.2 Å². The van der Waals surface area contributed by atoms with Gasteiger partial charge in [-0.2, -0.15) is 8.42 Å². The van der Waals surface area contributed by atoms with Crippen LogP contribution in [0.2, 0.25) is 5.02 Å². The van der Waals surface area contributed by atoms with Crippen LogP contribution in [0.25, 0.3) is 0 Å². The molecule has 0 atom stereocenters. The van der Waals surface area contributed by atoms with Gasteiger partial charge in [-0.3, -0.25) is 9.35 Å². The van der Waals surface area contributed by atoms with Gasteiger partial charge in [-0.05, 0) is 48.7 Å². The molecule has 0 aliphatic rings. The van der Waals surface area contributed by atoms with Gasteiger partial charge in [0, 0.05) is 5.56 Å². The summed E-state index contributed by atoms with van der Waals surface area (Å²) in [6.45, 7) is 2.12. The van der Waals surface area contributed by atoms with E-state index < -0.39 is 16.0 Å². The molecule has 0 unspecified atom stereocenters. The lowest BCUT2D eigenvalue weighted by molar-refractivity contribution is 0.102. The Hall–Kier alpha value is -1.89. The van der Waals surface area contributed by atoms with E-state index in [0.717, 1.165) is 37.0 Å². The van der Waals surface area contributed by atoms with Gasteiger partial charge in [-0.25, -0.2) is 0 Å². The van der Waals surface area contributed by atoms with Crippen molar-refractivity contribution in [3.8, 4) is 0 Å². The molecule has 0 saturated carbocycles. The predicted octanol–water partition coefficient (Wildman–Crippen LogP) is 4.18. The fourth-order valence-electron chi connectivity index (χ4n) is 2.16. The van der Waals surface area contributed by atoms with Crippen LogP contribution in [-0.2, 0) is 16.5 Å². The van der Waals surface area contributed by atoms with Crippen LogP contribution in [0.3, 0.4) is 0 Å². The molecule has 1 amide bonds. The number of nitrogens with one attached hydrogen (secondary N) is 1. The molecular formula is C17H18ClNO4S. The summed E-state index contributed by atoms with van der Waals surface area (Å²) in [4.78, 5) is 11.9. The molecule has 2 N–H and O–H groups in total. The fraction of sp³-hybridized carbons (Fsp3) is 0.235. The minimum absolute atomic E-state index is 0.117. The summed E-state index contributed by atoms with van der Waals surface area (Å²) in [5, 5.41) is 2.73. The number of amides is 1. The first-order valence-electron chi connectivity index (χ1n) is 7.48. The van der Waals surface area contributed by atoms with E-state index in [1.54, 1.807) is 12.1 Å². The molecule has 0 radical (unpaired) electrons. The number of unbranched alkanes of at least 4 members (excludes halogenated alkanes) is 1. The fourth-order valence-corrected chi connectivity index (χ4v) is 2.83. The Morgan fingerprint density at radius 3 is 2.42 bits per heavy atom. The van der Waals surface area contributed by atoms with E-state index in [0.29, 0.717) is 5.56 Å². The third kappa shape index (κ3) is 4.80. The van der Waals surface area contributed by atoms with Gasteiger partial charge in [-0.15, -0.1) is 0 Å². The Bertz CT molecular complexity index is 832. The molecular weight excluding hydrogens is 350 g/mol. The number of halogens is 1. The SMILES string of the molecule is CCCCc1ccc(C(=O)Nc2cc(S(=O)(=O)O)ccc2Cl)cc1. The summed E-state index contributed by atoms with van der Waals surface area (Å²) in [6, 6.07) is 10.8. The van der Waals surface area contributed by atoms with Gasteiger partial charge in [0.25, 0.3) is 16.0 Å². The summed E-state index contributed by atoms with van der Waals surface area (Å²) >= 11 is 5.97. The molecule has 0 aliphatic heterocycles. The van der Waals surface area contributed by atoms with Crippen LogP contribution in [0, 0.1) is 0 Å². The third-order valence-corrected chi connectivity index (χ3v) is 4.70. The molecule has 5 nitrogen and oxygen atoms in total. The van der Waals surface area contributed by atoms with Crippen molar-refractivity contribution in [3.05, 3.63) is 58.6 Å². The molecule has 0 heterocycles. The summed E-state index contributed by atoms with van der Waals surface area (Å²) in [6.07, 6.45) is 3.15. The molecule has 0 fully saturated rings. The Morgan fingerprint density at radius 1 is 1.17 bits per heavy atom. The quantitative estimate of drug-likeness (QED) is 0.750. The second kappa shape index (κ2) is 7.79. The number of hydrogen-bond acceptors (Lipinski definition) is 3. The molecule has 128 valence electrons. The van der Waals surface area contributed by atoms with Gasteiger partial charge in [0.1, 0.15) is 0 Å². The first kappa shape index (κ1) is 18.4. The zero-order chi connectivity index (χ0) is 17.7. The average Bonchev–Trinajstić information content (AvgIpc) is 2.54. The van der Waals surface area contributed by atoms with Crippen molar-refractivity contribution in [1.29, 1.82) is 0 Å². The number of carbonyl (C=O) groups is 1. The molecule has 0 aromatic heterocycles. The van der Waals surface area contributed by atoms with E-state index in [1.807, 2.05) is 12.1 Å². The lowest BCUT2D eigenvalue weighted by Gasteiger charge is -2.09. The van der Waals surface area contributed by atoms with Crippen LogP contribution in [0.4, 0.5) is 5.69 Å². The lowest BCUT2D eigenvalue weighted by atomic mass is 10.1. The highest BCUT2D eigenvalue weighted by Gasteiger charge is 2.14. The van der Waals surface area contributed by atoms with E-state index in [2.05, 4.69) is 12.2 Å². The maximum absolute atomic E-state index is 12.3. The summed E-state index contributed by atoms with van der Waals surface area (Å²) in [5.41, 5.74) is 1.70. The van der Waals surface area contributed by atoms with Gasteiger partial charge in [0.05, 0.1) is 15.6 Å². The molecule has 2 rings (SSSR count). The highest BCUT2D eigenvalue weighted by molar-refractivity contribution is 7.85. The van der Waals surface area contributed by atoms with Gasteiger partial charge in [0.2, 0.25) is 0 Å². The largest absolute Gasteiger partial charge is 0.321 e. The van der Waals surface area contributed by atoms with Crippen molar-refractivity contribution in [2.75, 3.05) is 5.32 Å². The van der Waals surface area contributed by atoms with E-state index in [4.69, 9.17) is 16.2 Å². The van der Waals surface area contributed by atoms with E-state index in [-0.39, 0.29) is 15.6 Å². The zero-order valence-electron chi connectivity index (χ0n) is 13.1. The number of anilines is 1. The molecule has 24 heavy (non-hydrogen) atoms. The van der Waals surface area contributed by atoms with Crippen molar-refractivity contribution in [1.82, 2.24) is 0 Å². The third-order valence-electron chi connectivity index (χ3n) is 3.52. The molecule has 2 aromatic rings. The Balaban J connectivity index is 2.17. The van der Waals surface area contributed by atoms with E-state index in [1.165, 1.54) is 6.07 Å². The molecule has 7 heteroatoms. The van der Waals surface area contributed by atoms with Crippen LogP contribution in [0.5, 0.6) is 0 Å². The van der Waals surface area contributed by atoms with Crippen LogP contribution in [0.1, 0.15) is 35.7 Å². The van der Waals surface area contributed by atoms with Crippen molar-refractivity contribution in [3.63, 3.8) is 0 Å². The summed E-state index contributed by atoms with van der Waals surface area (Å²) < 4.78 is 31.4. The Labute approximate surface area is 146 Å². The maximum Gasteiger partial charge on any atom is 0.294 e. The van der Waals surface area contributed by atoms with Crippen molar-refractivity contribution >= 4 is 33.3 Å². The summed E-state index contributed by atoms with van der Waals surface area (Å²) in [5.74, 6) is -0.411. The first-order valence-corrected chi connectivity index (χ1v) is 9.30. The normalized spacial score (nSPS) is 11.3. The minimum Gasteiger partial charge on any atom is -0.321 e. The molecule has 0 spiro atoms. The molecule has 0 aliphatic carbocycles. The highest BCUT2D eigenvalue weighted by atomic mass is 35.5. The molecule has 0 saturated heterocycles. The van der Waals surface area contributed by atoms with Crippen LogP contribution in [0.15, 0.2) is 47.4 Å². The van der Waals surface area contributed by atoms with Gasteiger partial charge in [-0.1, -0.05) is 37.1 Å². The Kier molecular flexibility index (Phi) is 5.99. The average molecular weight is 368 g/mol. The second-order valence-electron chi connectivity index (χ2n) is 5.37. The lowest BCUT2D eigenvalue weighted by Crippen LogP contribution is -2.13. The number of benzene rings is 2. The van der Waals surface area contributed by atoms with Gasteiger partial charge < -0.3 is 5.32 Å². The van der Waals surface area contributed by atoms with Gasteiger partial charge >= 0.3 is 0 Å². The van der Waals surface area contributed by atoms with Crippen molar-refractivity contribution in [2.24, 2.45) is 0 Å². The highest BCUT2D eigenvalue weighted by Crippen LogP contribution is 2.25. The first-order chi connectivity index (χ1) is 11.3. The molecule has 0 bridgehead atoms. The molecule has 2 aromatic carbocycles. The number of rotatable bonds is 6. The predicted molar refractivity (Wildman–Crippen MR) is 94.3 cm³/mol.